The average Bonchev–Trinajstić information content (AvgIpc) is 2.87. The van der Waals surface area contributed by atoms with E-state index in [4.69, 9.17) is 47.4 Å². The first-order valence-electron chi connectivity index (χ1n) is 13.3. The van der Waals surface area contributed by atoms with E-state index < -0.39 is 116 Å². The third-order valence-electron chi connectivity index (χ3n) is 5.90. The molecule has 44 heavy (non-hydrogen) atoms. The number of hydrogen-bond donors (Lipinski definition) is 1. The highest BCUT2D eigenvalue weighted by Gasteiger charge is 2.57. The van der Waals surface area contributed by atoms with Gasteiger partial charge in [-0.25, -0.2) is 0 Å². The largest absolute Gasteiger partial charge is 0.463 e. The molecular formula is C26H36O18. The standard InChI is InChI=1S/C26H36O18/c1-10(27)35-8-17-20(21(38-13(4)30)23(25(34)42-17)40-15(6)32)44-26-24(41-16(7)33)22(39-14(5)31)19(37-12(3)29)18(43-26)9-36-11(2)28/h17-26,34H,8-9H2,1-7H3/t17-,18+,19-,20-,21+,22+,23-,24-,25-,26-/m1/s1. The molecule has 2 saturated heterocycles. The van der Waals surface area contributed by atoms with E-state index in [0.29, 0.717) is 0 Å². The highest BCUT2D eigenvalue weighted by atomic mass is 16.8. The molecule has 10 atom stereocenters. The van der Waals surface area contributed by atoms with Crippen LogP contribution in [0.4, 0.5) is 0 Å². The van der Waals surface area contributed by atoms with E-state index in [2.05, 4.69) is 0 Å². The molecule has 2 aliphatic heterocycles. The Morgan fingerprint density at radius 3 is 1.27 bits per heavy atom. The van der Waals surface area contributed by atoms with Crippen LogP contribution in [-0.2, 0) is 80.9 Å². The number of aliphatic hydroxyl groups excluding tert-OH is 1. The van der Waals surface area contributed by atoms with Gasteiger partial charge in [-0.05, 0) is 0 Å². The first-order chi connectivity index (χ1) is 20.5. The normalized spacial score (nSPS) is 31.5. The Bertz CT molecular complexity index is 1090. The van der Waals surface area contributed by atoms with Gasteiger partial charge in [0.2, 0.25) is 0 Å². The van der Waals surface area contributed by atoms with Crippen LogP contribution in [-0.4, -0.2) is 122 Å². The van der Waals surface area contributed by atoms with Gasteiger partial charge < -0.3 is 52.5 Å². The average molecular weight is 637 g/mol. The molecule has 18 heteroatoms. The summed E-state index contributed by atoms with van der Waals surface area (Å²) in [7, 11) is 0. The van der Waals surface area contributed by atoms with Crippen molar-refractivity contribution >= 4 is 41.8 Å². The van der Waals surface area contributed by atoms with E-state index in [1.54, 1.807) is 0 Å². The number of ether oxygens (including phenoxy) is 10. The van der Waals surface area contributed by atoms with Crippen LogP contribution in [0.2, 0.25) is 0 Å². The maximum absolute atomic E-state index is 12.2. The first-order valence-corrected chi connectivity index (χ1v) is 13.3. The lowest BCUT2D eigenvalue weighted by Gasteiger charge is -2.48. The van der Waals surface area contributed by atoms with Gasteiger partial charge in [0.15, 0.2) is 43.1 Å². The van der Waals surface area contributed by atoms with Crippen LogP contribution in [0.1, 0.15) is 48.5 Å². The number of carbonyl (C=O) groups excluding carboxylic acids is 7. The molecule has 0 amide bonds. The third kappa shape index (κ3) is 10.7. The van der Waals surface area contributed by atoms with Crippen molar-refractivity contribution in [3.8, 4) is 0 Å². The molecule has 0 aromatic heterocycles. The lowest BCUT2D eigenvalue weighted by Crippen LogP contribution is -2.67. The summed E-state index contributed by atoms with van der Waals surface area (Å²) in [4.78, 5) is 83.5. The van der Waals surface area contributed by atoms with Gasteiger partial charge in [0.05, 0.1) is 0 Å². The van der Waals surface area contributed by atoms with E-state index in [0.717, 1.165) is 48.5 Å². The van der Waals surface area contributed by atoms with Gasteiger partial charge in [-0.1, -0.05) is 0 Å². The summed E-state index contributed by atoms with van der Waals surface area (Å²) in [5.74, 6) is -6.03. The van der Waals surface area contributed by atoms with Crippen LogP contribution in [0.25, 0.3) is 0 Å². The Morgan fingerprint density at radius 2 is 0.841 bits per heavy atom. The summed E-state index contributed by atoms with van der Waals surface area (Å²) in [6, 6.07) is 0. The van der Waals surface area contributed by atoms with Gasteiger partial charge in [0.25, 0.3) is 0 Å². The third-order valence-corrected chi connectivity index (χ3v) is 5.90. The molecule has 0 aromatic carbocycles. The topological polar surface area (TPSA) is 232 Å². The van der Waals surface area contributed by atoms with E-state index >= 15 is 0 Å². The van der Waals surface area contributed by atoms with Crippen molar-refractivity contribution in [2.45, 2.75) is 110 Å². The van der Waals surface area contributed by atoms with Crippen LogP contribution < -0.4 is 0 Å². The number of hydrogen-bond acceptors (Lipinski definition) is 18. The van der Waals surface area contributed by atoms with Gasteiger partial charge in [-0.2, -0.15) is 0 Å². The smallest absolute Gasteiger partial charge is 0.303 e. The minimum Gasteiger partial charge on any atom is -0.463 e. The Kier molecular flexibility index (Phi) is 13.4. The van der Waals surface area contributed by atoms with Gasteiger partial charge in [-0.15, -0.1) is 0 Å². The van der Waals surface area contributed by atoms with Crippen LogP contribution in [0.15, 0.2) is 0 Å². The van der Waals surface area contributed by atoms with Gasteiger partial charge in [0, 0.05) is 48.5 Å². The number of esters is 7. The van der Waals surface area contributed by atoms with Crippen molar-refractivity contribution in [2.24, 2.45) is 0 Å². The van der Waals surface area contributed by atoms with Gasteiger partial charge in [-0.3, -0.25) is 33.6 Å². The lowest BCUT2D eigenvalue weighted by atomic mass is 9.96. The maximum atomic E-state index is 12.2. The fraction of sp³-hybridized carbons (Fsp3) is 0.731. The highest BCUT2D eigenvalue weighted by molar-refractivity contribution is 5.69. The summed E-state index contributed by atoms with van der Waals surface area (Å²) in [5, 5.41) is 10.6. The lowest BCUT2D eigenvalue weighted by molar-refractivity contribution is -0.357. The molecule has 0 unspecified atom stereocenters. The van der Waals surface area contributed by atoms with Crippen molar-refractivity contribution in [3.63, 3.8) is 0 Å². The molecular weight excluding hydrogens is 600 g/mol. The van der Waals surface area contributed by atoms with Crippen molar-refractivity contribution < 1.29 is 86.0 Å². The molecule has 2 fully saturated rings. The molecule has 0 bridgehead atoms. The summed E-state index contributed by atoms with van der Waals surface area (Å²) in [6.07, 6.45) is -16.3. The van der Waals surface area contributed by atoms with Crippen LogP contribution in [0.5, 0.6) is 0 Å². The summed E-state index contributed by atoms with van der Waals surface area (Å²) in [6.45, 7) is 6.11. The number of rotatable bonds is 11. The van der Waals surface area contributed by atoms with Crippen LogP contribution in [0.3, 0.4) is 0 Å². The van der Waals surface area contributed by atoms with Gasteiger partial charge in [0.1, 0.15) is 31.5 Å². The molecule has 2 rings (SSSR count). The second kappa shape index (κ2) is 16.3. The second-order valence-electron chi connectivity index (χ2n) is 9.68. The molecule has 248 valence electrons. The van der Waals surface area contributed by atoms with Crippen LogP contribution >= 0.6 is 0 Å². The van der Waals surface area contributed by atoms with E-state index in [-0.39, 0.29) is 0 Å². The summed E-state index contributed by atoms with van der Waals surface area (Å²) in [5.41, 5.74) is 0. The number of aliphatic hydroxyl groups is 1. The van der Waals surface area contributed by atoms with Crippen molar-refractivity contribution in [1.29, 1.82) is 0 Å². The molecule has 1 N–H and O–H groups in total. The van der Waals surface area contributed by atoms with Gasteiger partial charge >= 0.3 is 41.8 Å². The quantitative estimate of drug-likeness (QED) is 0.203. The summed E-state index contributed by atoms with van der Waals surface area (Å²) < 4.78 is 54.1. The Hall–Kier alpha value is -3.87. The van der Waals surface area contributed by atoms with E-state index in [1.807, 2.05) is 0 Å². The molecule has 0 aromatic rings. The second-order valence-corrected chi connectivity index (χ2v) is 9.68. The zero-order valence-corrected chi connectivity index (χ0v) is 25.1. The van der Waals surface area contributed by atoms with Crippen molar-refractivity contribution in [3.05, 3.63) is 0 Å². The summed E-state index contributed by atoms with van der Waals surface area (Å²) >= 11 is 0. The molecule has 2 heterocycles. The highest BCUT2D eigenvalue weighted by Crippen LogP contribution is 2.34. The Morgan fingerprint density at radius 1 is 0.477 bits per heavy atom. The van der Waals surface area contributed by atoms with Crippen molar-refractivity contribution in [2.75, 3.05) is 13.2 Å². The zero-order valence-electron chi connectivity index (χ0n) is 25.1. The minimum atomic E-state index is -1.90. The molecule has 18 nitrogen and oxygen atoms in total. The molecule has 0 saturated carbocycles. The Balaban J connectivity index is 2.66. The van der Waals surface area contributed by atoms with Crippen molar-refractivity contribution in [1.82, 2.24) is 0 Å². The minimum absolute atomic E-state index is 0.572. The van der Waals surface area contributed by atoms with E-state index in [1.165, 1.54) is 0 Å². The maximum Gasteiger partial charge on any atom is 0.303 e. The molecule has 0 aliphatic carbocycles. The zero-order chi connectivity index (χ0) is 33.3. The predicted molar refractivity (Wildman–Crippen MR) is 135 cm³/mol. The fourth-order valence-electron chi connectivity index (χ4n) is 4.49. The van der Waals surface area contributed by atoms with E-state index in [9.17, 15) is 38.7 Å². The Labute approximate surface area is 251 Å². The first kappa shape index (κ1) is 36.3. The molecule has 0 radical (unpaired) electrons. The van der Waals surface area contributed by atoms with Crippen LogP contribution in [0, 0.1) is 0 Å². The molecule has 0 spiro atoms. The monoisotopic (exact) mass is 636 g/mol. The molecule has 2 aliphatic rings. The predicted octanol–water partition coefficient (Wildman–Crippen LogP) is -1.40. The SMILES string of the molecule is CC(=O)OC[C@@H]1O[C@H](O[C@H]2[C@H](OC(C)=O)[C@@H](OC(C)=O)[C@H](O)O[C@@H]2COC(C)=O)[C@H](OC(C)=O)[C@@H](OC(C)=O)[C@@H]1OC(C)=O. The fourth-order valence-corrected chi connectivity index (χ4v) is 4.49. The number of carbonyl (C=O) groups is 7.